The van der Waals surface area contributed by atoms with E-state index in [2.05, 4.69) is 11.1 Å². The van der Waals surface area contributed by atoms with E-state index in [0.29, 0.717) is 12.8 Å². The summed E-state index contributed by atoms with van der Waals surface area (Å²) < 4.78 is 0. The van der Waals surface area contributed by atoms with Crippen molar-refractivity contribution in [3.63, 3.8) is 0 Å². The first-order chi connectivity index (χ1) is 12.2. The normalized spacial score (nSPS) is 20.5. The lowest BCUT2D eigenvalue weighted by Gasteiger charge is -2.24. The number of nitrogens with zero attached hydrogens (tertiary/aromatic N) is 2. The van der Waals surface area contributed by atoms with Crippen molar-refractivity contribution < 1.29 is 9.59 Å². The van der Waals surface area contributed by atoms with Gasteiger partial charge in [-0.25, -0.2) is 0 Å². The molecular weight excluding hydrogens is 314 g/mol. The minimum absolute atomic E-state index is 0.169. The Morgan fingerprint density at radius 2 is 1.96 bits per heavy atom. The Balaban J connectivity index is 1.43. The number of benzene rings is 1. The standard InChI is InChI=1S/C20H23N3O2/c24-19-6-3-12-22(19)16-9-7-15(8-10-16)14-20(25)23-13-2-5-18(23)17-4-1-11-21-17/h1,4,7-11,18,21H,2-3,5-6,12-14H2/t18-/m0/s1. The highest BCUT2D eigenvalue weighted by molar-refractivity contribution is 5.95. The quantitative estimate of drug-likeness (QED) is 0.932. The van der Waals surface area contributed by atoms with Gasteiger partial charge in [0.15, 0.2) is 0 Å². The number of carbonyl (C=O) groups excluding carboxylic acids is 2. The van der Waals surface area contributed by atoms with Crippen LogP contribution >= 0.6 is 0 Å². The largest absolute Gasteiger partial charge is 0.363 e. The number of likely N-dealkylation sites (tertiary alicyclic amines) is 1. The molecule has 2 saturated heterocycles. The Hall–Kier alpha value is -2.56. The molecule has 2 amide bonds. The molecule has 2 aliphatic heterocycles. The monoisotopic (exact) mass is 337 g/mol. The molecule has 130 valence electrons. The predicted octanol–water partition coefficient (Wildman–Crippen LogP) is 3.05. The minimum Gasteiger partial charge on any atom is -0.363 e. The van der Waals surface area contributed by atoms with Crippen LogP contribution in [0, 0.1) is 0 Å². The topological polar surface area (TPSA) is 56.4 Å². The van der Waals surface area contributed by atoms with E-state index in [-0.39, 0.29) is 17.9 Å². The van der Waals surface area contributed by atoms with Crippen molar-refractivity contribution in [1.82, 2.24) is 9.88 Å². The number of hydrogen-bond acceptors (Lipinski definition) is 2. The van der Waals surface area contributed by atoms with Crippen molar-refractivity contribution in [3.05, 3.63) is 53.9 Å². The highest BCUT2D eigenvalue weighted by atomic mass is 16.2. The molecule has 0 radical (unpaired) electrons. The number of carbonyl (C=O) groups is 2. The Labute approximate surface area is 147 Å². The van der Waals surface area contributed by atoms with E-state index in [0.717, 1.165) is 49.3 Å². The molecule has 25 heavy (non-hydrogen) atoms. The number of anilines is 1. The average molecular weight is 337 g/mol. The zero-order valence-electron chi connectivity index (χ0n) is 14.3. The molecule has 1 atom stereocenters. The molecule has 2 aromatic rings. The van der Waals surface area contributed by atoms with E-state index >= 15 is 0 Å². The molecule has 5 nitrogen and oxygen atoms in total. The minimum atomic E-state index is 0.169. The van der Waals surface area contributed by atoms with Crippen molar-refractivity contribution in [1.29, 1.82) is 0 Å². The number of rotatable bonds is 4. The summed E-state index contributed by atoms with van der Waals surface area (Å²) in [5, 5.41) is 0. The molecule has 2 fully saturated rings. The van der Waals surface area contributed by atoms with E-state index in [1.54, 1.807) is 0 Å². The molecule has 0 unspecified atom stereocenters. The van der Waals surface area contributed by atoms with Crippen LogP contribution in [-0.4, -0.2) is 34.8 Å². The maximum atomic E-state index is 12.8. The molecule has 0 aliphatic carbocycles. The Morgan fingerprint density at radius 3 is 2.64 bits per heavy atom. The fourth-order valence-corrected chi connectivity index (χ4v) is 3.93. The van der Waals surface area contributed by atoms with Gasteiger partial charge < -0.3 is 14.8 Å². The van der Waals surface area contributed by atoms with E-state index in [1.165, 1.54) is 0 Å². The summed E-state index contributed by atoms with van der Waals surface area (Å²) >= 11 is 0. The number of hydrogen-bond donors (Lipinski definition) is 1. The van der Waals surface area contributed by atoms with Crippen molar-refractivity contribution in [3.8, 4) is 0 Å². The number of aromatic amines is 1. The zero-order valence-corrected chi connectivity index (χ0v) is 14.3. The Bertz CT molecular complexity index is 752. The predicted molar refractivity (Wildman–Crippen MR) is 96.2 cm³/mol. The smallest absolute Gasteiger partial charge is 0.227 e. The number of H-pyrrole nitrogens is 1. The molecule has 0 spiro atoms. The molecule has 0 bridgehead atoms. The van der Waals surface area contributed by atoms with Crippen LogP contribution in [0.1, 0.15) is 43.0 Å². The third kappa shape index (κ3) is 3.18. The summed E-state index contributed by atoms with van der Waals surface area (Å²) in [4.78, 5) is 31.6. The van der Waals surface area contributed by atoms with E-state index in [9.17, 15) is 9.59 Å². The van der Waals surface area contributed by atoms with E-state index < -0.39 is 0 Å². The second-order valence-electron chi connectivity index (χ2n) is 6.86. The molecule has 3 heterocycles. The molecule has 2 aliphatic rings. The van der Waals surface area contributed by atoms with Gasteiger partial charge in [0.25, 0.3) is 0 Å². The number of nitrogens with one attached hydrogen (secondary N) is 1. The van der Waals surface area contributed by atoms with Gasteiger partial charge in [-0.1, -0.05) is 12.1 Å². The second kappa shape index (κ2) is 6.75. The van der Waals surface area contributed by atoms with Crippen LogP contribution < -0.4 is 4.90 Å². The van der Waals surface area contributed by atoms with Crippen LogP contribution in [0.15, 0.2) is 42.6 Å². The molecule has 0 saturated carbocycles. The zero-order chi connectivity index (χ0) is 17.2. The summed E-state index contributed by atoms with van der Waals surface area (Å²) in [6, 6.07) is 12.1. The van der Waals surface area contributed by atoms with Crippen LogP contribution in [0.3, 0.4) is 0 Å². The van der Waals surface area contributed by atoms with Gasteiger partial charge in [-0.3, -0.25) is 9.59 Å². The van der Waals surface area contributed by atoms with Crippen LogP contribution in [0.2, 0.25) is 0 Å². The van der Waals surface area contributed by atoms with E-state index in [4.69, 9.17) is 0 Å². The fourth-order valence-electron chi connectivity index (χ4n) is 3.93. The average Bonchev–Trinajstić information content (AvgIpc) is 3.36. The van der Waals surface area contributed by atoms with Gasteiger partial charge in [-0.2, -0.15) is 0 Å². The van der Waals surface area contributed by atoms with Crippen LogP contribution in [0.4, 0.5) is 5.69 Å². The fraction of sp³-hybridized carbons (Fsp3) is 0.400. The van der Waals surface area contributed by atoms with Gasteiger partial charge in [0, 0.05) is 37.1 Å². The Kier molecular flexibility index (Phi) is 4.30. The molecule has 1 aromatic carbocycles. The highest BCUT2D eigenvalue weighted by Crippen LogP contribution is 2.31. The number of amides is 2. The summed E-state index contributed by atoms with van der Waals surface area (Å²) in [5.41, 5.74) is 3.05. The first-order valence-electron chi connectivity index (χ1n) is 9.04. The molecule has 5 heteroatoms. The lowest BCUT2D eigenvalue weighted by atomic mass is 10.1. The van der Waals surface area contributed by atoms with Crippen molar-refractivity contribution in [2.45, 2.75) is 38.1 Å². The van der Waals surface area contributed by atoms with E-state index in [1.807, 2.05) is 46.3 Å². The van der Waals surface area contributed by atoms with Crippen molar-refractivity contribution in [2.24, 2.45) is 0 Å². The molecule has 4 rings (SSSR count). The summed E-state index contributed by atoms with van der Waals surface area (Å²) in [7, 11) is 0. The van der Waals surface area contributed by atoms with Crippen molar-refractivity contribution in [2.75, 3.05) is 18.0 Å². The van der Waals surface area contributed by atoms with Crippen molar-refractivity contribution >= 4 is 17.5 Å². The lowest BCUT2D eigenvalue weighted by Crippen LogP contribution is -2.32. The Morgan fingerprint density at radius 1 is 1.12 bits per heavy atom. The SMILES string of the molecule is O=C1CCCN1c1ccc(CC(=O)N2CCC[C@H]2c2ccc[nH]2)cc1. The summed E-state index contributed by atoms with van der Waals surface area (Å²) in [6.07, 6.45) is 5.94. The van der Waals surface area contributed by atoms with Crippen LogP contribution in [-0.2, 0) is 16.0 Å². The maximum absolute atomic E-state index is 12.8. The lowest BCUT2D eigenvalue weighted by molar-refractivity contribution is -0.131. The number of aromatic nitrogens is 1. The van der Waals surface area contributed by atoms with Crippen LogP contribution in [0.25, 0.3) is 0 Å². The molecule has 1 N–H and O–H groups in total. The third-order valence-electron chi connectivity index (χ3n) is 5.23. The maximum Gasteiger partial charge on any atom is 0.227 e. The third-order valence-corrected chi connectivity index (χ3v) is 5.23. The second-order valence-corrected chi connectivity index (χ2v) is 6.86. The van der Waals surface area contributed by atoms with Gasteiger partial charge in [0.1, 0.15) is 0 Å². The van der Waals surface area contributed by atoms with Gasteiger partial charge in [-0.15, -0.1) is 0 Å². The molecular formula is C20H23N3O2. The van der Waals surface area contributed by atoms with Gasteiger partial charge in [-0.05, 0) is 49.1 Å². The van der Waals surface area contributed by atoms with Gasteiger partial charge in [0.2, 0.25) is 11.8 Å². The summed E-state index contributed by atoms with van der Waals surface area (Å²) in [5.74, 6) is 0.358. The van der Waals surface area contributed by atoms with Crippen LogP contribution in [0.5, 0.6) is 0 Å². The first-order valence-corrected chi connectivity index (χ1v) is 9.04. The first kappa shape index (κ1) is 15.9. The van der Waals surface area contributed by atoms with Gasteiger partial charge >= 0.3 is 0 Å². The highest BCUT2D eigenvalue weighted by Gasteiger charge is 2.30. The molecule has 1 aromatic heterocycles. The summed E-state index contributed by atoms with van der Waals surface area (Å²) in [6.45, 7) is 1.62. The van der Waals surface area contributed by atoms with Gasteiger partial charge in [0.05, 0.1) is 12.5 Å².